The Hall–Kier alpha value is -4.00. The van der Waals surface area contributed by atoms with Gasteiger partial charge in [0.2, 0.25) is 5.91 Å². The maximum atomic E-state index is 12.7. The third-order valence-electron chi connectivity index (χ3n) is 5.98. The zero-order valence-corrected chi connectivity index (χ0v) is 20.3. The van der Waals surface area contributed by atoms with Gasteiger partial charge in [-0.25, -0.2) is 4.79 Å². The Balaban J connectivity index is 1.24. The van der Waals surface area contributed by atoms with Crippen molar-refractivity contribution in [2.75, 3.05) is 48.3 Å². The fourth-order valence-corrected chi connectivity index (χ4v) is 4.17. The highest BCUT2D eigenvalue weighted by molar-refractivity contribution is 5.99. The van der Waals surface area contributed by atoms with E-state index in [4.69, 9.17) is 4.74 Å². The van der Waals surface area contributed by atoms with Crippen molar-refractivity contribution in [3.63, 3.8) is 0 Å². The van der Waals surface area contributed by atoms with Crippen molar-refractivity contribution in [3.05, 3.63) is 83.9 Å². The molecule has 7 nitrogen and oxygen atoms in total. The molecule has 0 aromatic heterocycles. The first-order valence-corrected chi connectivity index (χ1v) is 12.0. The number of carbonyl (C=O) groups is 2. The molecule has 3 aromatic carbocycles. The third-order valence-corrected chi connectivity index (χ3v) is 5.98. The predicted octanol–water partition coefficient (Wildman–Crippen LogP) is 4.93. The lowest BCUT2D eigenvalue weighted by Gasteiger charge is -2.36. The Morgan fingerprint density at radius 3 is 2.09 bits per heavy atom. The minimum absolute atomic E-state index is 0.174. The molecule has 182 valence electrons. The van der Waals surface area contributed by atoms with Crippen LogP contribution in [0.1, 0.15) is 18.1 Å². The van der Waals surface area contributed by atoms with Crippen LogP contribution in [0.25, 0.3) is 0 Å². The van der Waals surface area contributed by atoms with Gasteiger partial charge in [0.05, 0.1) is 13.0 Å². The lowest BCUT2D eigenvalue weighted by Crippen LogP contribution is -2.49. The van der Waals surface area contributed by atoms with Gasteiger partial charge in [0, 0.05) is 43.2 Å². The van der Waals surface area contributed by atoms with Crippen molar-refractivity contribution in [2.24, 2.45) is 0 Å². The van der Waals surface area contributed by atoms with Crippen LogP contribution in [-0.4, -0.2) is 49.6 Å². The summed E-state index contributed by atoms with van der Waals surface area (Å²) >= 11 is 0. The summed E-state index contributed by atoms with van der Waals surface area (Å²) in [5, 5.41) is 5.68. The van der Waals surface area contributed by atoms with E-state index < -0.39 is 0 Å². The molecule has 2 N–H and O–H groups in total. The lowest BCUT2D eigenvalue weighted by molar-refractivity contribution is -0.130. The summed E-state index contributed by atoms with van der Waals surface area (Å²) in [5.74, 6) is 0.943. The third kappa shape index (κ3) is 6.76. The average molecular weight is 473 g/mol. The number of piperazine rings is 1. The first kappa shape index (κ1) is 24.1. The molecule has 7 heteroatoms. The van der Waals surface area contributed by atoms with E-state index in [2.05, 4.69) is 21.6 Å². The maximum Gasteiger partial charge on any atom is 0.323 e. The summed E-state index contributed by atoms with van der Waals surface area (Å²) in [7, 11) is 0. The summed E-state index contributed by atoms with van der Waals surface area (Å²) in [4.78, 5) is 29.2. The highest BCUT2D eigenvalue weighted by Gasteiger charge is 2.21. The highest BCUT2D eigenvalue weighted by Crippen LogP contribution is 2.21. The topological polar surface area (TPSA) is 73.9 Å². The van der Waals surface area contributed by atoms with E-state index >= 15 is 0 Å². The van der Waals surface area contributed by atoms with Crippen molar-refractivity contribution < 1.29 is 14.3 Å². The molecule has 1 heterocycles. The molecule has 1 aliphatic rings. The van der Waals surface area contributed by atoms with Gasteiger partial charge in [-0.3, -0.25) is 4.79 Å². The van der Waals surface area contributed by atoms with Crippen molar-refractivity contribution >= 4 is 29.0 Å². The lowest BCUT2D eigenvalue weighted by atomic mass is 10.1. The molecule has 3 amide bonds. The molecular weight excluding hydrogens is 440 g/mol. The molecule has 0 bridgehead atoms. The van der Waals surface area contributed by atoms with Crippen molar-refractivity contribution in [2.45, 2.75) is 20.3 Å². The van der Waals surface area contributed by atoms with Crippen LogP contribution in [0, 0.1) is 6.92 Å². The quantitative estimate of drug-likeness (QED) is 0.511. The van der Waals surface area contributed by atoms with Gasteiger partial charge < -0.3 is 25.2 Å². The molecule has 3 aromatic rings. The van der Waals surface area contributed by atoms with Gasteiger partial charge in [0.1, 0.15) is 5.75 Å². The number of carbonyl (C=O) groups excluding carboxylic acids is 2. The minimum Gasteiger partial charge on any atom is -0.494 e. The monoisotopic (exact) mass is 472 g/mol. The second-order valence-corrected chi connectivity index (χ2v) is 8.62. The molecule has 0 saturated carbocycles. The number of urea groups is 1. The summed E-state index contributed by atoms with van der Waals surface area (Å²) in [6.07, 6.45) is 0.445. The molecule has 0 aliphatic carbocycles. The normalized spacial score (nSPS) is 13.3. The summed E-state index contributed by atoms with van der Waals surface area (Å²) in [6, 6.07) is 22.9. The largest absolute Gasteiger partial charge is 0.494 e. The molecule has 1 fully saturated rings. The number of benzene rings is 3. The molecule has 1 saturated heterocycles. The number of nitrogens with zero attached hydrogens (tertiary/aromatic N) is 2. The van der Waals surface area contributed by atoms with E-state index in [1.54, 1.807) is 12.1 Å². The number of anilines is 3. The van der Waals surface area contributed by atoms with Crippen LogP contribution in [0.15, 0.2) is 72.8 Å². The highest BCUT2D eigenvalue weighted by atomic mass is 16.5. The van der Waals surface area contributed by atoms with Crippen LogP contribution in [0.3, 0.4) is 0 Å². The Morgan fingerprint density at radius 1 is 0.857 bits per heavy atom. The fourth-order valence-electron chi connectivity index (χ4n) is 4.17. The Kier molecular flexibility index (Phi) is 7.88. The van der Waals surface area contributed by atoms with Gasteiger partial charge in [0.25, 0.3) is 0 Å². The zero-order chi connectivity index (χ0) is 24.6. The number of aryl methyl sites for hydroxylation is 1. The molecule has 0 unspecified atom stereocenters. The van der Waals surface area contributed by atoms with Gasteiger partial charge in [-0.1, -0.05) is 29.8 Å². The van der Waals surface area contributed by atoms with Gasteiger partial charge in [0.15, 0.2) is 0 Å². The number of hydrogen-bond acceptors (Lipinski definition) is 4. The van der Waals surface area contributed by atoms with Gasteiger partial charge in [-0.05, 0) is 67.9 Å². The van der Waals surface area contributed by atoms with Crippen LogP contribution in [0.4, 0.5) is 21.9 Å². The fraction of sp³-hybridized carbons (Fsp3) is 0.286. The first-order chi connectivity index (χ1) is 17.0. The van der Waals surface area contributed by atoms with E-state index in [1.165, 1.54) is 5.56 Å². The standard InChI is InChI=1S/C28H32N4O3/c1-3-35-26-13-9-24(10-14-26)30-28(34)29-23-7-11-25(12-8-23)31-15-17-32(18-16-31)27(33)20-22-6-4-5-21(2)19-22/h4-14,19H,3,15-18,20H2,1-2H3,(H2,29,30,34). The zero-order valence-electron chi connectivity index (χ0n) is 20.3. The Labute approximate surface area is 206 Å². The molecular formula is C28H32N4O3. The van der Waals surface area contributed by atoms with E-state index in [-0.39, 0.29) is 11.9 Å². The smallest absolute Gasteiger partial charge is 0.323 e. The van der Waals surface area contributed by atoms with Gasteiger partial charge >= 0.3 is 6.03 Å². The molecule has 0 spiro atoms. The Morgan fingerprint density at radius 2 is 1.49 bits per heavy atom. The minimum atomic E-state index is -0.303. The number of ether oxygens (including phenoxy) is 1. The van der Waals surface area contributed by atoms with Gasteiger partial charge in [-0.15, -0.1) is 0 Å². The molecule has 0 atom stereocenters. The van der Waals surface area contributed by atoms with Crippen LogP contribution >= 0.6 is 0 Å². The van der Waals surface area contributed by atoms with Crippen LogP contribution < -0.4 is 20.3 Å². The van der Waals surface area contributed by atoms with E-state index in [9.17, 15) is 9.59 Å². The van der Waals surface area contributed by atoms with Gasteiger partial charge in [-0.2, -0.15) is 0 Å². The van der Waals surface area contributed by atoms with E-state index in [0.29, 0.717) is 37.5 Å². The molecule has 1 aliphatic heterocycles. The first-order valence-electron chi connectivity index (χ1n) is 12.0. The number of rotatable bonds is 7. The number of nitrogens with one attached hydrogen (secondary N) is 2. The average Bonchev–Trinajstić information content (AvgIpc) is 2.86. The van der Waals surface area contributed by atoms with Crippen LogP contribution in [-0.2, 0) is 11.2 Å². The SMILES string of the molecule is CCOc1ccc(NC(=O)Nc2ccc(N3CCN(C(=O)Cc4cccc(C)c4)CC3)cc2)cc1. The molecule has 35 heavy (non-hydrogen) atoms. The summed E-state index contributed by atoms with van der Waals surface area (Å²) < 4.78 is 5.42. The van der Waals surface area contributed by atoms with Crippen LogP contribution in [0.5, 0.6) is 5.75 Å². The van der Waals surface area contributed by atoms with E-state index in [1.807, 2.05) is 73.3 Å². The number of amides is 3. The predicted molar refractivity (Wildman–Crippen MR) is 140 cm³/mol. The summed E-state index contributed by atoms with van der Waals surface area (Å²) in [6.45, 7) is 7.55. The maximum absolute atomic E-state index is 12.7. The van der Waals surface area contributed by atoms with Crippen molar-refractivity contribution in [3.8, 4) is 5.75 Å². The second kappa shape index (κ2) is 11.4. The van der Waals surface area contributed by atoms with Crippen molar-refractivity contribution in [1.29, 1.82) is 0 Å². The van der Waals surface area contributed by atoms with Crippen LogP contribution in [0.2, 0.25) is 0 Å². The second-order valence-electron chi connectivity index (χ2n) is 8.62. The van der Waals surface area contributed by atoms with Crippen molar-refractivity contribution in [1.82, 2.24) is 4.90 Å². The molecule has 0 radical (unpaired) electrons. The molecule has 4 rings (SSSR count). The Bertz CT molecular complexity index is 1140. The summed E-state index contributed by atoms with van der Waals surface area (Å²) in [5.41, 5.74) is 4.72. The van der Waals surface area contributed by atoms with E-state index in [0.717, 1.165) is 30.1 Å². The number of hydrogen-bond donors (Lipinski definition) is 2.